The van der Waals surface area contributed by atoms with E-state index in [4.69, 9.17) is 0 Å². The van der Waals surface area contributed by atoms with Gasteiger partial charge < -0.3 is 4.74 Å². The lowest BCUT2D eigenvalue weighted by Crippen LogP contribution is -2.49. The predicted octanol–water partition coefficient (Wildman–Crippen LogP) is 0.773. The Morgan fingerprint density at radius 3 is 2.73 bits per heavy atom. The first-order valence-corrected chi connectivity index (χ1v) is 3.86. The number of ether oxygens (including phenoxy) is 1. The molecule has 0 radical (unpaired) electrons. The Balaban J connectivity index is 2.54. The fourth-order valence-corrected chi connectivity index (χ4v) is 1.27. The normalized spacial score (nSPS) is 32.0. The average Bonchev–Trinajstić information content (AvgIpc) is 1.99. The molecule has 0 aromatic carbocycles. The Morgan fingerprint density at radius 2 is 2.36 bits per heavy atom. The molecule has 0 saturated carbocycles. The lowest BCUT2D eigenvalue weighted by atomic mass is 9.84. The van der Waals surface area contributed by atoms with Crippen molar-refractivity contribution < 1.29 is 14.3 Å². The average molecular weight is 156 g/mol. The Kier molecular flexibility index (Phi) is 2.27. The van der Waals surface area contributed by atoms with Crippen molar-refractivity contribution in [3.05, 3.63) is 0 Å². The monoisotopic (exact) mass is 156 g/mol. The topological polar surface area (TPSA) is 43.4 Å². The van der Waals surface area contributed by atoms with Crippen LogP contribution in [0.15, 0.2) is 0 Å². The minimum absolute atomic E-state index is 0.183. The van der Waals surface area contributed by atoms with Gasteiger partial charge in [0.05, 0.1) is 0 Å². The molecular formula is C8H12O3. The maximum Gasteiger partial charge on any atom is 0.314 e. The van der Waals surface area contributed by atoms with Gasteiger partial charge in [-0.1, -0.05) is 20.3 Å². The zero-order valence-corrected chi connectivity index (χ0v) is 6.74. The summed E-state index contributed by atoms with van der Waals surface area (Å²) in [6, 6.07) is 0. The highest BCUT2D eigenvalue weighted by Crippen LogP contribution is 2.29. The van der Waals surface area contributed by atoms with Crippen LogP contribution in [0.1, 0.15) is 20.3 Å². The molecule has 0 N–H and O–H groups in total. The standard InChI is InChI=1S/C8H12O3/c1-3-5(2)7-6(4-9)11-8(7)10/h4-7H,3H2,1-2H3/t5-,6-,7-/m0/s1. The molecule has 1 aliphatic rings. The van der Waals surface area contributed by atoms with E-state index in [2.05, 4.69) is 4.74 Å². The molecule has 1 fully saturated rings. The second-order valence-corrected chi connectivity index (χ2v) is 2.95. The van der Waals surface area contributed by atoms with Crippen LogP contribution in [-0.2, 0) is 14.3 Å². The van der Waals surface area contributed by atoms with Crippen LogP contribution in [0.2, 0.25) is 0 Å². The second-order valence-electron chi connectivity index (χ2n) is 2.95. The molecular weight excluding hydrogens is 144 g/mol. The van der Waals surface area contributed by atoms with Gasteiger partial charge in [0.2, 0.25) is 0 Å². The van der Waals surface area contributed by atoms with Crippen molar-refractivity contribution in [1.29, 1.82) is 0 Å². The zero-order valence-electron chi connectivity index (χ0n) is 6.74. The number of aldehydes is 1. The van der Waals surface area contributed by atoms with Crippen LogP contribution >= 0.6 is 0 Å². The number of carbonyl (C=O) groups excluding carboxylic acids is 2. The van der Waals surface area contributed by atoms with Gasteiger partial charge in [-0.3, -0.25) is 9.59 Å². The van der Waals surface area contributed by atoms with Crippen molar-refractivity contribution in [1.82, 2.24) is 0 Å². The maximum atomic E-state index is 10.8. The van der Waals surface area contributed by atoms with Gasteiger partial charge in [-0.25, -0.2) is 0 Å². The molecule has 11 heavy (non-hydrogen) atoms. The molecule has 62 valence electrons. The van der Waals surface area contributed by atoms with Crippen LogP contribution in [0.5, 0.6) is 0 Å². The Morgan fingerprint density at radius 1 is 1.73 bits per heavy atom. The second kappa shape index (κ2) is 3.03. The molecule has 0 aromatic heterocycles. The van der Waals surface area contributed by atoms with E-state index in [1.54, 1.807) is 0 Å². The summed E-state index contributed by atoms with van der Waals surface area (Å²) in [5.74, 6) is -0.152. The molecule has 1 saturated heterocycles. The summed E-state index contributed by atoms with van der Waals surface area (Å²) in [6.07, 6.45) is 1.14. The number of rotatable bonds is 3. The molecule has 1 rings (SSSR count). The summed E-state index contributed by atoms with van der Waals surface area (Å²) in [5, 5.41) is 0. The molecule has 1 heterocycles. The third kappa shape index (κ3) is 1.27. The largest absolute Gasteiger partial charge is 0.453 e. The maximum absolute atomic E-state index is 10.8. The Hall–Kier alpha value is -0.860. The van der Waals surface area contributed by atoms with E-state index >= 15 is 0 Å². The third-order valence-electron chi connectivity index (χ3n) is 2.27. The molecule has 3 heteroatoms. The summed E-state index contributed by atoms with van der Waals surface area (Å²) in [5.41, 5.74) is 0. The number of cyclic esters (lactones) is 1. The van der Waals surface area contributed by atoms with Crippen molar-refractivity contribution in [3.8, 4) is 0 Å². The first kappa shape index (κ1) is 8.24. The fourth-order valence-electron chi connectivity index (χ4n) is 1.27. The van der Waals surface area contributed by atoms with E-state index in [1.165, 1.54) is 0 Å². The van der Waals surface area contributed by atoms with Crippen molar-refractivity contribution >= 4 is 12.3 Å². The number of hydrogen-bond donors (Lipinski definition) is 0. The minimum atomic E-state index is -0.475. The summed E-state index contributed by atoms with van der Waals surface area (Å²) in [4.78, 5) is 21.1. The smallest absolute Gasteiger partial charge is 0.314 e. The number of esters is 1. The van der Waals surface area contributed by atoms with Gasteiger partial charge in [0.15, 0.2) is 12.4 Å². The highest BCUT2D eigenvalue weighted by atomic mass is 16.6. The van der Waals surface area contributed by atoms with E-state index in [0.29, 0.717) is 6.29 Å². The van der Waals surface area contributed by atoms with Gasteiger partial charge in [0, 0.05) is 0 Å². The van der Waals surface area contributed by atoms with Crippen molar-refractivity contribution in [2.24, 2.45) is 11.8 Å². The van der Waals surface area contributed by atoms with Gasteiger partial charge in [-0.2, -0.15) is 0 Å². The van der Waals surface area contributed by atoms with Crippen LogP contribution in [-0.4, -0.2) is 18.4 Å². The third-order valence-corrected chi connectivity index (χ3v) is 2.27. The van der Waals surface area contributed by atoms with Crippen molar-refractivity contribution in [2.45, 2.75) is 26.4 Å². The first-order chi connectivity index (χ1) is 5.20. The fraction of sp³-hybridized carbons (Fsp3) is 0.750. The van der Waals surface area contributed by atoms with E-state index in [0.717, 1.165) is 6.42 Å². The highest BCUT2D eigenvalue weighted by molar-refractivity contribution is 5.86. The molecule has 0 unspecified atom stereocenters. The van der Waals surface area contributed by atoms with Gasteiger partial charge in [0.25, 0.3) is 0 Å². The van der Waals surface area contributed by atoms with Crippen LogP contribution in [0.4, 0.5) is 0 Å². The quantitative estimate of drug-likeness (QED) is 0.448. The number of hydrogen-bond acceptors (Lipinski definition) is 3. The molecule has 1 aliphatic heterocycles. The van der Waals surface area contributed by atoms with Crippen LogP contribution < -0.4 is 0 Å². The molecule has 0 aliphatic carbocycles. The Bertz CT molecular complexity index is 176. The summed E-state index contributed by atoms with van der Waals surface area (Å²) >= 11 is 0. The highest BCUT2D eigenvalue weighted by Gasteiger charge is 2.44. The minimum Gasteiger partial charge on any atom is -0.453 e. The van der Waals surface area contributed by atoms with Gasteiger partial charge in [-0.05, 0) is 5.92 Å². The lowest BCUT2D eigenvalue weighted by Gasteiger charge is -2.34. The van der Waals surface area contributed by atoms with Gasteiger partial charge in [-0.15, -0.1) is 0 Å². The van der Waals surface area contributed by atoms with E-state index in [1.807, 2.05) is 13.8 Å². The van der Waals surface area contributed by atoms with Crippen LogP contribution in [0.3, 0.4) is 0 Å². The Labute approximate surface area is 65.7 Å². The van der Waals surface area contributed by atoms with Gasteiger partial charge >= 0.3 is 5.97 Å². The molecule has 3 nitrogen and oxygen atoms in total. The van der Waals surface area contributed by atoms with Crippen molar-refractivity contribution in [2.75, 3.05) is 0 Å². The van der Waals surface area contributed by atoms with Gasteiger partial charge in [0.1, 0.15) is 5.92 Å². The first-order valence-electron chi connectivity index (χ1n) is 3.86. The molecule has 0 amide bonds. The molecule has 0 bridgehead atoms. The molecule has 3 atom stereocenters. The molecule has 0 spiro atoms. The van der Waals surface area contributed by atoms with Crippen LogP contribution in [0.25, 0.3) is 0 Å². The predicted molar refractivity (Wildman–Crippen MR) is 38.9 cm³/mol. The SMILES string of the molecule is CC[C@H](C)[C@@H]1C(=O)O[C@H]1C=O. The van der Waals surface area contributed by atoms with Crippen LogP contribution in [0, 0.1) is 11.8 Å². The lowest BCUT2D eigenvalue weighted by molar-refractivity contribution is -0.188. The summed E-state index contributed by atoms with van der Waals surface area (Å²) in [6.45, 7) is 3.96. The van der Waals surface area contributed by atoms with E-state index < -0.39 is 6.10 Å². The van der Waals surface area contributed by atoms with Crippen molar-refractivity contribution in [3.63, 3.8) is 0 Å². The van der Waals surface area contributed by atoms with E-state index in [9.17, 15) is 9.59 Å². The van der Waals surface area contributed by atoms with E-state index in [-0.39, 0.29) is 17.8 Å². The summed E-state index contributed by atoms with van der Waals surface area (Å²) < 4.78 is 4.62. The summed E-state index contributed by atoms with van der Waals surface area (Å²) in [7, 11) is 0. The number of carbonyl (C=O) groups is 2. The zero-order chi connectivity index (χ0) is 8.43. The molecule has 0 aromatic rings.